The molecule has 2 N–H and O–H groups in total. The van der Waals surface area contributed by atoms with Crippen molar-refractivity contribution in [2.75, 3.05) is 10.6 Å². The third kappa shape index (κ3) is 4.65. The molecule has 0 unspecified atom stereocenters. The number of nitrogens with one attached hydrogen (secondary N) is 2. The minimum Gasteiger partial charge on any atom is -0.331 e. The highest BCUT2D eigenvalue weighted by molar-refractivity contribution is 7.80. The van der Waals surface area contributed by atoms with Gasteiger partial charge in [0, 0.05) is 11.2 Å². The van der Waals surface area contributed by atoms with Crippen molar-refractivity contribution in [3.8, 4) is 0 Å². The Balaban J connectivity index is 1.64. The van der Waals surface area contributed by atoms with Crippen molar-refractivity contribution >= 4 is 63.5 Å². The molecule has 2 aromatic carbocycles. The Morgan fingerprint density at radius 2 is 1.92 bits per heavy atom. The van der Waals surface area contributed by atoms with Crippen LogP contribution in [0.25, 0.3) is 0 Å². The normalized spacial score (nSPS) is 10.6. The van der Waals surface area contributed by atoms with Crippen molar-refractivity contribution < 1.29 is 4.39 Å². The third-order valence-corrected chi connectivity index (χ3v) is 4.81. The predicted octanol–water partition coefficient (Wildman–Crippen LogP) is 5.84. The number of thiocarbonyl (C=S) groups is 1. The van der Waals surface area contributed by atoms with Crippen molar-refractivity contribution in [2.45, 2.75) is 6.54 Å². The van der Waals surface area contributed by atoms with Gasteiger partial charge in [-0.15, -0.1) is 0 Å². The lowest BCUT2D eigenvalue weighted by molar-refractivity contribution is 0.624. The molecule has 0 aliphatic carbocycles. The van der Waals surface area contributed by atoms with Crippen LogP contribution < -0.4 is 10.6 Å². The molecule has 0 saturated carbocycles. The Labute approximate surface area is 169 Å². The van der Waals surface area contributed by atoms with Crippen LogP contribution in [0.2, 0.25) is 15.1 Å². The van der Waals surface area contributed by atoms with Crippen molar-refractivity contribution in [3.63, 3.8) is 0 Å². The van der Waals surface area contributed by atoms with Crippen LogP contribution in [0.15, 0.2) is 48.8 Å². The Hall–Kier alpha value is -1.86. The molecule has 0 atom stereocenters. The number of rotatable bonds is 4. The molecule has 0 spiro atoms. The van der Waals surface area contributed by atoms with Gasteiger partial charge in [0.05, 0.1) is 34.2 Å². The summed E-state index contributed by atoms with van der Waals surface area (Å²) in [6.45, 7) is 0.404. The van der Waals surface area contributed by atoms with Crippen LogP contribution in [0, 0.1) is 5.82 Å². The molecule has 3 aromatic rings. The van der Waals surface area contributed by atoms with Gasteiger partial charge in [-0.3, -0.25) is 4.68 Å². The monoisotopic (exact) mass is 428 g/mol. The smallest absolute Gasteiger partial charge is 0.175 e. The second-order valence-electron chi connectivity index (χ2n) is 5.34. The van der Waals surface area contributed by atoms with Crippen LogP contribution in [0.1, 0.15) is 5.56 Å². The van der Waals surface area contributed by atoms with Crippen LogP contribution in [-0.4, -0.2) is 14.9 Å². The first-order valence-electron chi connectivity index (χ1n) is 7.41. The molecule has 1 heterocycles. The van der Waals surface area contributed by atoms with Crippen molar-refractivity contribution in [2.24, 2.45) is 0 Å². The first-order valence-corrected chi connectivity index (χ1v) is 8.95. The van der Waals surface area contributed by atoms with E-state index in [1.54, 1.807) is 41.3 Å². The van der Waals surface area contributed by atoms with Gasteiger partial charge in [0.1, 0.15) is 5.82 Å². The zero-order chi connectivity index (χ0) is 18.7. The Bertz CT molecular complexity index is 961. The fraction of sp³-hybridized carbons (Fsp3) is 0.0588. The molecule has 26 heavy (non-hydrogen) atoms. The highest BCUT2D eigenvalue weighted by Gasteiger charge is 2.08. The molecule has 0 amide bonds. The summed E-state index contributed by atoms with van der Waals surface area (Å²) in [7, 11) is 0. The van der Waals surface area contributed by atoms with Crippen LogP contribution in [0.5, 0.6) is 0 Å². The van der Waals surface area contributed by atoms with E-state index < -0.39 is 0 Å². The summed E-state index contributed by atoms with van der Waals surface area (Å²) in [6.07, 6.45) is 3.37. The summed E-state index contributed by atoms with van der Waals surface area (Å²) in [5.74, 6) is -0.377. The number of halogens is 4. The molecule has 3 rings (SSSR count). The third-order valence-electron chi connectivity index (χ3n) is 3.44. The van der Waals surface area contributed by atoms with E-state index in [0.29, 0.717) is 38.1 Å². The average molecular weight is 430 g/mol. The van der Waals surface area contributed by atoms with Crippen molar-refractivity contribution in [1.82, 2.24) is 9.78 Å². The SMILES string of the molecule is Fc1ccc(Cn2cc(NC(=S)Nc3cccc(Cl)c3Cl)cn2)c(Cl)c1. The van der Waals surface area contributed by atoms with Crippen molar-refractivity contribution in [3.05, 3.63) is 75.2 Å². The number of aromatic nitrogens is 2. The first-order chi connectivity index (χ1) is 12.4. The Morgan fingerprint density at radius 3 is 2.69 bits per heavy atom. The van der Waals surface area contributed by atoms with Crippen LogP contribution in [0.4, 0.5) is 15.8 Å². The summed E-state index contributed by atoms with van der Waals surface area (Å²) in [5.41, 5.74) is 2.04. The van der Waals surface area contributed by atoms with Gasteiger partial charge >= 0.3 is 0 Å². The number of anilines is 2. The van der Waals surface area contributed by atoms with Gasteiger partial charge in [0.25, 0.3) is 0 Å². The van der Waals surface area contributed by atoms with Gasteiger partial charge in [-0.05, 0) is 42.0 Å². The van der Waals surface area contributed by atoms with E-state index in [1.165, 1.54) is 12.1 Å². The molecule has 0 saturated heterocycles. The van der Waals surface area contributed by atoms with Gasteiger partial charge in [-0.25, -0.2) is 4.39 Å². The van der Waals surface area contributed by atoms with Gasteiger partial charge in [-0.1, -0.05) is 46.9 Å². The lowest BCUT2D eigenvalue weighted by Gasteiger charge is -2.11. The highest BCUT2D eigenvalue weighted by Crippen LogP contribution is 2.29. The van der Waals surface area contributed by atoms with E-state index in [1.807, 2.05) is 0 Å². The summed E-state index contributed by atoms with van der Waals surface area (Å²) < 4.78 is 14.8. The highest BCUT2D eigenvalue weighted by atomic mass is 35.5. The lowest BCUT2D eigenvalue weighted by Crippen LogP contribution is -2.19. The van der Waals surface area contributed by atoms with E-state index in [0.717, 1.165) is 5.56 Å². The van der Waals surface area contributed by atoms with Gasteiger partial charge in [0.15, 0.2) is 5.11 Å². The number of benzene rings is 2. The largest absolute Gasteiger partial charge is 0.331 e. The maximum atomic E-state index is 13.1. The molecule has 9 heteroatoms. The van der Waals surface area contributed by atoms with E-state index >= 15 is 0 Å². The number of hydrogen-bond donors (Lipinski definition) is 2. The predicted molar refractivity (Wildman–Crippen MR) is 109 cm³/mol. The fourth-order valence-corrected chi connectivity index (χ4v) is 3.03. The molecular formula is C17H12Cl3FN4S. The molecule has 134 valence electrons. The molecule has 4 nitrogen and oxygen atoms in total. The summed E-state index contributed by atoms with van der Waals surface area (Å²) in [6, 6.07) is 9.48. The van der Waals surface area contributed by atoms with Crippen LogP contribution in [-0.2, 0) is 6.54 Å². The van der Waals surface area contributed by atoms with Crippen LogP contribution >= 0.6 is 47.0 Å². The van der Waals surface area contributed by atoms with Gasteiger partial charge in [-0.2, -0.15) is 5.10 Å². The Morgan fingerprint density at radius 1 is 1.12 bits per heavy atom. The quantitative estimate of drug-likeness (QED) is 0.511. The van der Waals surface area contributed by atoms with E-state index in [9.17, 15) is 4.39 Å². The topological polar surface area (TPSA) is 41.9 Å². The lowest BCUT2D eigenvalue weighted by atomic mass is 10.2. The molecule has 0 fully saturated rings. The van der Waals surface area contributed by atoms with Crippen molar-refractivity contribution in [1.29, 1.82) is 0 Å². The van der Waals surface area contributed by atoms with Gasteiger partial charge in [0.2, 0.25) is 0 Å². The van der Waals surface area contributed by atoms with Gasteiger partial charge < -0.3 is 10.6 Å². The molecule has 0 aliphatic heterocycles. The minimum atomic E-state index is -0.377. The van der Waals surface area contributed by atoms with E-state index in [2.05, 4.69) is 15.7 Å². The second-order valence-corrected chi connectivity index (χ2v) is 6.94. The molecule has 1 aromatic heterocycles. The second kappa shape index (κ2) is 8.22. The number of hydrogen-bond acceptors (Lipinski definition) is 2. The van der Waals surface area contributed by atoms with E-state index in [-0.39, 0.29) is 5.82 Å². The zero-order valence-corrected chi connectivity index (χ0v) is 16.2. The summed E-state index contributed by atoms with van der Waals surface area (Å²) in [4.78, 5) is 0. The molecular weight excluding hydrogens is 418 g/mol. The summed E-state index contributed by atoms with van der Waals surface area (Å²) in [5, 5.41) is 11.7. The average Bonchev–Trinajstić information content (AvgIpc) is 3.01. The molecule has 0 aliphatic rings. The maximum Gasteiger partial charge on any atom is 0.175 e. The molecule has 0 bridgehead atoms. The fourth-order valence-electron chi connectivity index (χ4n) is 2.22. The standard InChI is InChI=1S/C17H12Cl3FN4S/c18-13-2-1-3-15(16(13)20)24-17(26)23-12-7-22-25(9-12)8-10-4-5-11(21)6-14(10)19/h1-7,9H,8H2,(H2,23,24,26). The molecule has 0 radical (unpaired) electrons. The maximum absolute atomic E-state index is 13.1. The first kappa shape index (κ1) is 18.9. The zero-order valence-electron chi connectivity index (χ0n) is 13.1. The summed E-state index contributed by atoms with van der Waals surface area (Å²) >= 11 is 23.4. The Kier molecular flexibility index (Phi) is 5.98. The minimum absolute atomic E-state index is 0.341. The number of nitrogens with zero attached hydrogens (tertiary/aromatic N) is 2. The van der Waals surface area contributed by atoms with Crippen LogP contribution in [0.3, 0.4) is 0 Å². The van der Waals surface area contributed by atoms with E-state index in [4.69, 9.17) is 47.0 Å².